The molecule has 1 fully saturated rings. The van der Waals surface area contributed by atoms with Gasteiger partial charge in [0.05, 0.1) is 11.7 Å². The average molecular weight is 370 g/mol. The van der Waals surface area contributed by atoms with Gasteiger partial charge in [0.25, 0.3) is 5.91 Å². The van der Waals surface area contributed by atoms with Gasteiger partial charge in [-0.2, -0.15) is 0 Å². The Kier molecular flexibility index (Phi) is 3.65. The van der Waals surface area contributed by atoms with Crippen LogP contribution in [0.15, 0.2) is 53.1 Å². The molecule has 3 heterocycles. The van der Waals surface area contributed by atoms with Gasteiger partial charge in [0.1, 0.15) is 5.69 Å². The van der Waals surface area contributed by atoms with Crippen molar-refractivity contribution in [3.8, 4) is 0 Å². The highest BCUT2D eigenvalue weighted by Gasteiger charge is 2.32. The van der Waals surface area contributed by atoms with Gasteiger partial charge in [-0.3, -0.25) is 9.78 Å². The Labute approximate surface area is 142 Å². The smallest absolute Gasteiger partial charge is 0.270 e. The first-order chi connectivity index (χ1) is 11.2. The number of carbonyl (C=O) groups is 1. The normalized spacial score (nSPS) is 17.8. The Morgan fingerprint density at radius 2 is 2.17 bits per heavy atom. The van der Waals surface area contributed by atoms with Gasteiger partial charge in [0.15, 0.2) is 0 Å². The highest BCUT2D eigenvalue weighted by atomic mass is 79.9. The summed E-state index contributed by atoms with van der Waals surface area (Å²) >= 11 is 3.46. The fourth-order valence-corrected chi connectivity index (χ4v) is 3.62. The molecule has 116 valence electrons. The second kappa shape index (κ2) is 5.81. The van der Waals surface area contributed by atoms with Crippen molar-refractivity contribution in [3.63, 3.8) is 0 Å². The predicted octanol–water partition coefficient (Wildman–Crippen LogP) is 4.30. The van der Waals surface area contributed by atoms with E-state index in [0.29, 0.717) is 5.69 Å². The lowest BCUT2D eigenvalue weighted by Crippen LogP contribution is -2.31. The molecule has 1 aliphatic heterocycles. The number of nitrogens with one attached hydrogen (secondary N) is 1. The number of aromatic nitrogens is 2. The molecule has 1 aromatic carbocycles. The van der Waals surface area contributed by atoms with Crippen LogP contribution in [0.5, 0.6) is 0 Å². The van der Waals surface area contributed by atoms with Crippen molar-refractivity contribution >= 4 is 32.7 Å². The lowest BCUT2D eigenvalue weighted by Gasteiger charge is -2.23. The van der Waals surface area contributed by atoms with Crippen molar-refractivity contribution in [1.29, 1.82) is 0 Å². The highest BCUT2D eigenvalue weighted by Crippen LogP contribution is 2.32. The summed E-state index contributed by atoms with van der Waals surface area (Å²) in [4.78, 5) is 22.5. The fourth-order valence-electron chi connectivity index (χ4n) is 3.26. The van der Waals surface area contributed by atoms with E-state index in [0.717, 1.165) is 40.5 Å². The molecule has 0 aliphatic carbocycles. The molecular formula is C18H16BrN3O. The van der Waals surface area contributed by atoms with Crippen LogP contribution >= 0.6 is 15.9 Å². The van der Waals surface area contributed by atoms with Gasteiger partial charge in [-0.25, -0.2) is 0 Å². The van der Waals surface area contributed by atoms with Crippen LogP contribution in [0, 0.1) is 0 Å². The Balaban J connectivity index is 1.66. The molecule has 0 spiro atoms. The zero-order valence-electron chi connectivity index (χ0n) is 12.5. The molecule has 4 rings (SSSR count). The van der Waals surface area contributed by atoms with Crippen LogP contribution in [0.4, 0.5) is 0 Å². The van der Waals surface area contributed by atoms with Crippen LogP contribution < -0.4 is 0 Å². The summed E-state index contributed by atoms with van der Waals surface area (Å²) in [5.74, 6) is 0.0467. The van der Waals surface area contributed by atoms with Gasteiger partial charge >= 0.3 is 0 Å². The highest BCUT2D eigenvalue weighted by molar-refractivity contribution is 9.10. The molecule has 1 saturated heterocycles. The summed E-state index contributed by atoms with van der Waals surface area (Å²) in [6.07, 6.45) is 3.77. The standard InChI is InChI=1S/C18H16BrN3O/c19-13-7-6-12-10-16(21-15(12)11-13)18(23)22-9-3-5-17(22)14-4-1-2-8-20-14/h1-2,4,6-8,10-11,17,21H,3,5,9H2/t17-/m1/s1. The largest absolute Gasteiger partial charge is 0.350 e. The van der Waals surface area contributed by atoms with E-state index in [1.807, 2.05) is 47.4 Å². The Bertz CT molecular complexity index is 859. The Morgan fingerprint density at radius 3 is 3.00 bits per heavy atom. The van der Waals surface area contributed by atoms with Crippen molar-refractivity contribution in [3.05, 3.63) is 64.5 Å². The number of pyridine rings is 1. The zero-order chi connectivity index (χ0) is 15.8. The third kappa shape index (κ3) is 2.65. The van der Waals surface area contributed by atoms with E-state index in [1.54, 1.807) is 6.20 Å². The van der Waals surface area contributed by atoms with E-state index in [4.69, 9.17) is 0 Å². The Morgan fingerprint density at radius 1 is 1.26 bits per heavy atom. The number of benzene rings is 1. The van der Waals surface area contributed by atoms with E-state index >= 15 is 0 Å². The molecule has 1 N–H and O–H groups in total. The van der Waals surface area contributed by atoms with Crippen molar-refractivity contribution in [2.24, 2.45) is 0 Å². The molecule has 0 saturated carbocycles. The van der Waals surface area contributed by atoms with Crippen molar-refractivity contribution in [2.45, 2.75) is 18.9 Å². The molecule has 3 aromatic rings. The number of halogens is 1. The molecule has 23 heavy (non-hydrogen) atoms. The quantitative estimate of drug-likeness (QED) is 0.731. The van der Waals surface area contributed by atoms with Gasteiger partial charge in [-0.15, -0.1) is 0 Å². The maximum Gasteiger partial charge on any atom is 0.270 e. The van der Waals surface area contributed by atoms with E-state index in [-0.39, 0.29) is 11.9 Å². The first-order valence-electron chi connectivity index (χ1n) is 7.72. The second-order valence-electron chi connectivity index (χ2n) is 5.83. The molecule has 2 aromatic heterocycles. The van der Waals surface area contributed by atoms with Crippen LogP contribution in [0.1, 0.15) is 35.1 Å². The minimum atomic E-state index is 0.0467. The number of likely N-dealkylation sites (tertiary alicyclic amines) is 1. The van der Waals surface area contributed by atoms with E-state index < -0.39 is 0 Å². The van der Waals surface area contributed by atoms with Crippen LogP contribution in [0.25, 0.3) is 10.9 Å². The van der Waals surface area contributed by atoms with Gasteiger partial charge in [0, 0.05) is 28.1 Å². The SMILES string of the molecule is O=C(c1cc2ccc(Br)cc2[nH]1)N1CCC[C@@H]1c1ccccn1. The number of aromatic amines is 1. The van der Waals surface area contributed by atoms with Crippen molar-refractivity contribution in [2.75, 3.05) is 6.54 Å². The number of hydrogen-bond donors (Lipinski definition) is 1. The molecule has 0 unspecified atom stereocenters. The fraction of sp³-hybridized carbons (Fsp3) is 0.222. The maximum absolute atomic E-state index is 12.9. The minimum Gasteiger partial charge on any atom is -0.350 e. The Hall–Kier alpha value is -2.14. The van der Waals surface area contributed by atoms with Gasteiger partial charge < -0.3 is 9.88 Å². The van der Waals surface area contributed by atoms with Crippen LogP contribution in [-0.2, 0) is 0 Å². The second-order valence-corrected chi connectivity index (χ2v) is 6.74. The number of hydrogen-bond acceptors (Lipinski definition) is 2. The first kappa shape index (κ1) is 14.5. The summed E-state index contributed by atoms with van der Waals surface area (Å²) < 4.78 is 0.999. The molecule has 0 radical (unpaired) electrons. The first-order valence-corrected chi connectivity index (χ1v) is 8.52. The number of amides is 1. The molecule has 1 amide bonds. The van der Waals surface area contributed by atoms with E-state index in [1.165, 1.54) is 0 Å². The number of fused-ring (bicyclic) bond motifs is 1. The average Bonchev–Trinajstić information content (AvgIpc) is 3.21. The van der Waals surface area contributed by atoms with E-state index in [9.17, 15) is 4.79 Å². The third-order valence-electron chi connectivity index (χ3n) is 4.36. The molecule has 4 nitrogen and oxygen atoms in total. The number of rotatable bonds is 2. The monoisotopic (exact) mass is 369 g/mol. The maximum atomic E-state index is 12.9. The summed E-state index contributed by atoms with van der Waals surface area (Å²) in [6.45, 7) is 0.777. The molecular weight excluding hydrogens is 354 g/mol. The zero-order valence-corrected chi connectivity index (χ0v) is 14.1. The van der Waals surface area contributed by atoms with Crippen LogP contribution in [0.3, 0.4) is 0 Å². The minimum absolute atomic E-state index is 0.0467. The molecule has 0 bridgehead atoms. The molecule has 1 aliphatic rings. The molecule has 1 atom stereocenters. The summed E-state index contributed by atoms with van der Waals surface area (Å²) in [5.41, 5.74) is 2.58. The van der Waals surface area contributed by atoms with E-state index in [2.05, 4.69) is 25.9 Å². The van der Waals surface area contributed by atoms with Gasteiger partial charge in [-0.05, 0) is 43.2 Å². The summed E-state index contributed by atoms with van der Waals surface area (Å²) in [5, 5.41) is 1.05. The van der Waals surface area contributed by atoms with Gasteiger partial charge in [-0.1, -0.05) is 28.1 Å². The lowest BCUT2D eigenvalue weighted by atomic mass is 10.1. The van der Waals surface area contributed by atoms with Crippen molar-refractivity contribution < 1.29 is 4.79 Å². The summed E-state index contributed by atoms with van der Waals surface area (Å²) in [6, 6.07) is 13.9. The van der Waals surface area contributed by atoms with Crippen molar-refractivity contribution in [1.82, 2.24) is 14.9 Å². The lowest BCUT2D eigenvalue weighted by molar-refractivity contribution is 0.0728. The predicted molar refractivity (Wildman–Crippen MR) is 93.2 cm³/mol. The topological polar surface area (TPSA) is 49.0 Å². The van der Waals surface area contributed by atoms with Crippen LogP contribution in [0.2, 0.25) is 0 Å². The molecule has 5 heteroatoms. The number of carbonyl (C=O) groups excluding carboxylic acids is 1. The third-order valence-corrected chi connectivity index (χ3v) is 4.85. The number of nitrogens with zero attached hydrogens (tertiary/aromatic N) is 2. The number of H-pyrrole nitrogens is 1. The van der Waals surface area contributed by atoms with Crippen LogP contribution in [-0.4, -0.2) is 27.3 Å². The van der Waals surface area contributed by atoms with Gasteiger partial charge in [0.2, 0.25) is 0 Å². The summed E-state index contributed by atoms with van der Waals surface area (Å²) in [7, 11) is 0.